The number of halogens is 1. The van der Waals surface area contributed by atoms with Crippen LogP contribution >= 0.6 is 12.2 Å². The van der Waals surface area contributed by atoms with Gasteiger partial charge in [0, 0.05) is 24.7 Å². The molecule has 0 aliphatic heterocycles. The van der Waals surface area contributed by atoms with Crippen molar-refractivity contribution in [3.05, 3.63) is 69.5 Å². The zero-order valence-electron chi connectivity index (χ0n) is 17.6. The molecule has 0 atom stereocenters. The van der Waals surface area contributed by atoms with Gasteiger partial charge in [0.15, 0.2) is 6.61 Å². The van der Waals surface area contributed by atoms with Gasteiger partial charge in [-0.1, -0.05) is 24.4 Å². The van der Waals surface area contributed by atoms with E-state index in [0.717, 1.165) is 6.07 Å². The topological polar surface area (TPSA) is 90.7 Å². The van der Waals surface area contributed by atoms with Crippen LogP contribution in [-0.2, 0) is 16.1 Å². The van der Waals surface area contributed by atoms with E-state index in [0.29, 0.717) is 22.2 Å². The Hall–Kier alpha value is -3.11. The molecule has 0 heterocycles. The fourth-order valence-electron chi connectivity index (χ4n) is 2.47. The van der Waals surface area contributed by atoms with Crippen molar-refractivity contribution in [3.63, 3.8) is 0 Å². The molecule has 166 valence electrons. The molecule has 0 aliphatic rings. The number of likely N-dealkylation sites (N-methyl/N-ethyl adjacent to an activating group) is 1. The van der Waals surface area contributed by atoms with Gasteiger partial charge in [-0.05, 0) is 17.7 Å². The van der Waals surface area contributed by atoms with E-state index < -0.39 is 16.7 Å². The maximum atomic E-state index is 13.7. The van der Waals surface area contributed by atoms with Crippen molar-refractivity contribution in [1.82, 2.24) is 5.32 Å². The number of esters is 1. The van der Waals surface area contributed by atoms with Gasteiger partial charge in [-0.2, -0.15) is 0 Å². The Morgan fingerprint density at radius 2 is 1.97 bits per heavy atom. The van der Waals surface area contributed by atoms with Gasteiger partial charge >= 0.3 is 5.97 Å². The molecule has 31 heavy (non-hydrogen) atoms. The number of quaternary nitrogens is 1. The Morgan fingerprint density at radius 1 is 1.23 bits per heavy atom. The molecule has 0 aliphatic carbocycles. The first kappa shape index (κ1) is 24.2. The molecule has 2 rings (SSSR count). The van der Waals surface area contributed by atoms with Crippen molar-refractivity contribution >= 4 is 28.9 Å². The molecule has 0 fully saturated rings. The maximum absolute atomic E-state index is 13.7. The zero-order chi connectivity index (χ0) is 23.0. The predicted molar refractivity (Wildman–Crippen MR) is 117 cm³/mol. The van der Waals surface area contributed by atoms with Crippen molar-refractivity contribution < 1.29 is 28.1 Å². The zero-order valence-corrected chi connectivity index (χ0v) is 18.4. The highest BCUT2D eigenvalue weighted by atomic mass is 32.1. The van der Waals surface area contributed by atoms with Crippen LogP contribution < -0.4 is 10.1 Å². The average molecular weight is 451 g/mol. The third-order valence-corrected chi connectivity index (χ3v) is 4.50. The molecule has 2 aromatic carbocycles. The molecule has 0 spiro atoms. The Balaban J connectivity index is 1.98. The van der Waals surface area contributed by atoms with Gasteiger partial charge in [0.05, 0.1) is 31.6 Å². The summed E-state index contributed by atoms with van der Waals surface area (Å²) in [4.78, 5) is 22.6. The smallest absolute Gasteiger partial charge is 0.344 e. The van der Waals surface area contributed by atoms with E-state index >= 15 is 0 Å². The number of non-ortho nitro benzene ring substituents is 1. The van der Waals surface area contributed by atoms with Crippen LogP contribution in [-0.4, -0.2) is 61.3 Å². The lowest BCUT2D eigenvalue weighted by atomic mass is 10.1. The summed E-state index contributed by atoms with van der Waals surface area (Å²) >= 11 is 5.36. The molecule has 0 radical (unpaired) electrons. The number of thiocarbonyl (C=S) groups is 1. The molecule has 8 nitrogen and oxygen atoms in total. The minimum atomic E-state index is -0.570. The quantitative estimate of drug-likeness (QED) is 0.196. The summed E-state index contributed by atoms with van der Waals surface area (Å²) in [6.07, 6.45) is 0. The molecular weight excluding hydrogens is 425 g/mol. The number of rotatable bonds is 10. The van der Waals surface area contributed by atoms with Crippen LogP contribution in [0.3, 0.4) is 0 Å². The van der Waals surface area contributed by atoms with E-state index in [4.69, 9.17) is 21.7 Å². The minimum absolute atomic E-state index is 0.0280. The Labute approximate surface area is 185 Å². The Bertz CT molecular complexity index is 962. The first-order valence-electron chi connectivity index (χ1n) is 9.45. The normalized spacial score (nSPS) is 11.0. The van der Waals surface area contributed by atoms with E-state index in [9.17, 15) is 19.3 Å². The number of carbonyl (C=O) groups excluding carboxylic acids is 1. The van der Waals surface area contributed by atoms with Gasteiger partial charge in [-0.3, -0.25) is 10.1 Å². The van der Waals surface area contributed by atoms with Gasteiger partial charge in [0.2, 0.25) is 0 Å². The van der Waals surface area contributed by atoms with E-state index in [2.05, 4.69) is 5.32 Å². The first-order chi connectivity index (χ1) is 14.5. The fourth-order valence-corrected chi connectivity index (χ4v) is 2.71. The lowest BCUT2D eigenvalue weighted by Gasteiger charge is -2.23. The Kier molecular flexibility index (Phi) is 8.40. The van der Waals surface area contributed by atoms with E-state index in [1.165, 1.54) is 24.3 Å². The number of ether oxygens (including phenoxy) is 2. The molecule has 2 aromatic rings. The van der Waals surface area contributed by atoms with Crippen LogP contribution in [0.5, 0.6) is 5.75 Å². The average Bonchev–Trinajstić information content (AvgIpc) is 2.69. The van der Waals surface area contributed by atoms with Crippen LogP contribution in [0, 0.1) is 15.9 Å². The summed E-state index contributed by atoms with van der Waals surface area (Å²) in [7, 11) is 5.93. The van der Waals surface area contributed by atoms with Gasteiger partial charge in [-0.25, -0.2) is 9.18 Å². The van der Waals surface area contributed by atoms with Crippen LogP contribution in [0.15, 0.2) is 42.5 Å². The molecule has 0 amide bonds. The number of nitro benzene ring substituents is 1. The van der Waals surface area contributed by atoms with E-state index in [1.807, 2.05) is 21.1 Å². The Morgan fingerprint density at radius 3 is 2.65 bits per heavy atom. The highest BCUT2D eigenvalue weighted by Crippen LogP contribution is 2.21. The summed E-state index contributed by atoms with van der Waals surface area (Å²) in [5.74, 6) is -1.02. The SMILES string of the molecule is C[N+](C)(C)CCOC(=O)COc1cc(F)ccc1C(=S)NCc1cccc([N+](=O)[O-])c1. The maximum Gasteiger partial charge on any atom is 0.344 e. The van der Waals surface area contributed by atoms with E-state index in [1.54, 1.807) is 12.1 Å². The monoisotopic (exact) mass is 450 g/mol. The van der Waals surface area contributed by atoms with Gasteiger partial charge in [0.1, 0.15) is 29.7 Å². The second kappa shape index (κ2) is 10.8. The van der Waals surface area contributed by atoms with Gasteiger partial charge in [-0.15, -0.1) is 0 Å². The van der Waals surface area contributed by atoms with Crippen LogP contribution in [0.1, 0.15) is 11.1 Å². The van der Waals surface area contributed by atoms with Gasteiger partial charge < -0.3 is 19.3 Å². The van der Waals surface area contributed by atoms with Crippen LogP contribution in [0.4, 0.5) is 10.1 Å². The summed E-state index contributed by atoms with van der Waals surface area (Å²) < 4.78 is 24.9. The molecule has 0 saturated carbocycles. The molecule has 0 unspecified atom stereocenters. The largest absolute Gasteiger partial charge is 0.481 e. The number of carbonyl (C=O) groups is 1. The number of hydrogen-bond acceptors (Lipinski definition) is 6. The molecule has 10 heteroatoms. The summed E-state index contributed by atoms with van der Waals surface area (Å²) in [6.45, 7) is 0.721. The third kappa shape index (κ3) is 8.27. The summed E-state index contributed by atoms with van der Waals surface area (Å²) in [5, 5.41) is 13.9. The summed E-state index contributed by atoms with van der Waals surface area (Å²) in [5.41, 5.74) is 1.02. The number of benzene rings is 2. The van der Waals surface area contributed by atoms with Crippen molar-refractivity contribution in [2.75, 3.05) is 40.9 Å². The van der Waals surface area contributed by atoms with Crippen molar-refractivity contribution in [1.29, 1.82) is 0 Å². The number of nitro groups is 1. The molecule has 1 N–H and O–H groups in total. The van der Waals surface area contributed by atoms with Crippen molar-refractivity contribution in [3.8, 4) is 5.75 Å². The first-order valence-corrected chi connectivity index (χ1v) is 9.86. The minimum Gasteiger partial charge on any atom is -0.481 e. The molecule has 0 aromatic heterocycles. The second-order valence-corrected chi connectivity index (χ2v) is 8.18. The van der Waals surface area contributed by atoms with Crippen molar-refractivity contribution in [2.45, 2.75) is 6.54 Å². The number of nitrogens with zero attached hydrogens (tertiary/aromatic N) is 2. The lowest BCUT2D eigenvalue weighted by molar-refractivity contribution is -0.870. The van der Waals surface area contributed by atoms with E-state index in [-0.39, 0.29) is 36.2 Å². The molecule has 0 bridgehead atoms. The second-order valence-electron chi connectivity index (χ2n) is 7.77. The molecule has 0 saturated heterocycles. The standard InChI is InChI=1S/C21H24FN3O5S/c1-25(2,3)9-10-29-20(26)14-30-19-12-16(22)7-8-18(19)21(31)23-13-15-5-4-6-17(11-15)24(27)28/h4-8,11-12H,9-10,13-14H2,1-3H3/p+1. The number of nitrogens with one attached hydrogen (secondary N) is 1. The van der Waals surface area contributed by atoms with Crippen LogP contribution in [0.2, 0.25) is 0 Å². The highest BCUT2D eigenvalue weighted by molar-refractivity contribution is 7.80. The van der Waals surface area contributed by atoms with Crippen LogP contribution in [0.25, 0.3) is 0 Å². The predicted octanol–water partition coefficient (Wildman–Crippen LogP) is 2.83. The third-order valence-electron chi connectivity index (χ3n) is 4.13. The lowest BCUT2D eigenvalue weighted by Crippen LogP contribution is -2.38. The number of hydrogen-bond donors (Lipinski definition) is 1. The van der Waals surface area contributed by atoms with Crippen molar-refractivity contribution in [2.24, 2.45) is 0 Å². The summed E-state index contributed by atoms with van der Waals surface area (Å²) in [6, 6.07) is 9.93. The molecular formula is C21H25FN3O5S+. The highest BCUT2D eigenvalue weighted by Gasteiger charge is 2.15. The fraction of sp³-hybridized carbons (Fsp3) is 0.333. The van der Waals surface area contributed by atoms with Gasteiger partial charge in [0.25, 0.3) is 5.69 Å².